The lowest BCUT2D eigenvalue weighted by Gasteiger charge is -2.09. The Balaban J connectivity index is 1.51. The van der Waals surface area contributed by atoms with E-state index in [9.17, 15) is 4.79 Å². The summed E-state index contributed by atoms with van der Waals surface area (Å²) in [5.41, 5.74) is 3.19. The van der Waals surface area contributed by atoms with E-state index in [1.807, 2.05) is 37.3 Å². The molecule has 1 aromatic carbocycles. The summed E-state index contributed by atoms with van der Waals surface area (Å²) in [6.45, 7) is 2.86. The molecule has 0 fully saturated rings. The fraction of sp³-hybridized carbons (Fsp3) is 0.300. The van der Waals surface area contributed by atoms with Gasteiger partial charge in [-0.3, -0.25) is 9.78 Å². The Morgan fingerprint density at radius 1 is 1.04 bits per heavy atom. The maximum absolute atomic E-state index is 12.3. The first-order valence-corrected chi connectivity index (χ1v) is 8.97. The molecule has 0 spiro atoms. The number of pyridine rings is 1. The largest absolute Gasteiger partial charge is 0.322 e. The lowest BCUT2D eigenvalue weighted by molar-refractivity contribution is 0.102. The second-order valence-electron chi connectivity index (χ2n) is 6.62. The summed E-state index contributed by atoms with van der Waals surface area (Å²) in [7, 11) is 0. The van der Waals surface area contributed by atoms with E-state index in [4.69, 9.17) is 0 Å². The van der Waals surface area contributed by atoms with E-state index in [0.717, 1.165) is 48.0 Å². The molecule has 26 heavy (non-hydrogen) atoms. The predicted molar refractivity (Wildman–Crippen MR) is 99.9 cm³/mol. The molecule has 0 radical (unpaired) electrons. The van der Waals surface area contributed by atoms with Crippen LogP contribution in [-0.2, 0) is 13.0 Å². The Morgan fingerprint density at radius 2 is 1.88 bits per heavy atom. The third kappa shape index (κ3) is 3.35. The first kappa shape index (κ1) is 16.4. The molecule has 2 aromatic heterocycles. The molecule has 0 atom stereocenters. The second kappa shape index (κ2) is 7.07. The van der Waals surface area contributed by atoms with Crippen molar-refractivity contribution >= 4 is 11.6 Å². The van der Waals surface area contributed by atoms with Gasteiger partial charge in [-0.15, -0.1) is 10.2 Å². The van der Waals surface area contributed by atoms with Crippen molar-refractivity contribution < 1.29 is 4.79 Å². The van der Waals surface area contributed by atoms with Gasteiger partial charge in [-0.2, -0.15) is 0 Å². The van der Waals surface area contributed by atoms with Crippen LogP contribution in [0.4, 0.5) is 5.69 Å². The maximum atomic E-state index is 12.3. The smallest absolute Gasteiger partial charge is 0.257 e. The number of aryl methyl sites for hydroxylation is 2. The monoisotopic (exact) mass is 347 g/mol. The molecule has 132 valence electrons. The van der Waals surface area contributed by atoms with Crippen LogP contribution in [0.15, 0.2) is 42.6 Å². The Morgan fingerprint density at radius 3 is 2.65 bits per heavy atom. The molecule has 1 aliphatic heterocycles. The number of nitrogens with zero attached hydrogens (tertiary/aromatic N) is 4. The number of aromatic nitrogens is 4. The first-order chi connectivity index (χ1) is 12.7. The molecule has 1 amide bonds. The molecule has 3 aromatic rings. The van der Waals surface area contributed by atoms with Gasteiger partial charge in [0.15, 0.2) is 5.82 Å². The lowest BCUT2D eigenvalue weighted by Crippen LogP contribution is -2.12. The summed E-state index contributed by atoms with van der Waals surface area (Å²) < 4.78 is 2.22. The summed E-state index contributed by atoms with van der Waals surface area (Å²) >= 11 is 0. The van der Waals surface area contributed by atoms with E-state index in [1.54, 1.807) is 12.3 Å². The highest BCUT2D eigenvalue weighted by molar-refractivity contribution is 6.04. The zero-order valence-corrected chi connectivity index (χ0v) is 14.8. The molecule has 0 bridgehead atoms. The Kier molecular flexibility index (Phi) is 4.48. The van der Waals surface area contributed by atoms with E-state index in [1.165, 1.54) is 12.8 Å². The summed E-state index contributed by atoms with van der Waals surface area (Å²) in [5.74, 6) is 1.81. The number of carbonyl (C=O) groups is 1. The molecule has 0 saturated carbocycles. The predicted octanol–water partition coefficient (Wildman–Crippen LogP) is 3.63. The molecule has 6 nitrogen and oxygen atoms in total. The number of fused-ring (bicyclic) bond motifs is 1. The van der Waals surface area contributed by atoms with Crippen molar-refractivity contribution in [3.05, 3.63) is 59.7 Å². The zero-order chi connectivity index (χ0) is 17.9. The van der Waals surface area contributed by atoms with Crippen molar-refractivity contribution in [3.63, 3.8) is 0 Å². The van der Waals surface area contributed by atoms with E-state index in [-0.39, 0.29) is 5.91 Å². The van der Waals surface area contributed by atoms with Crippen LogP contribution in [0.25, 0.3) is 11.4 Å². The van der Waals surface area contributed by atoms with Crippen LogP contribution in [0.1, 0.15) is 41.1 Å². The molecule has 1 N–H and O–H groups in total. The van der Waals surface area contributed by atoms with Gasteiger partial charge in [0.1, 0.15) is 5.82 Å². The Labute approximate surface area is 152 Å². The van der Waals surface area contributed by atoms with Gasteiger partial charge in [0.25, 0.3) is 5.91 Å². The van der Waals surface area contributed by atoms with Crippen LogP contribution in [0.5, 0.6) is 0 Å². The number of benzene rings is 1. The second-order valence-corrected chi connectivity index (χ2v) is 6.62. The van der Waals surface area contributed by atoms with Crippen molar-refractivity contribution in [2.75, 3.05) is 5.32 Å². The van der Waals surface area contributed by atoms with Crippen molar-refractivity contribution in [1.29, 1.82) is 0 Å². The van der Waals surface area contributed by atoms with Gasteiger partial charge < -0.3 is 9.88 Å². The zero-order valence-electron chi connectivity index (χ0n) is 14.8. The lowest BCUT2D eigenvalue weighted by atomic mass is 10.1. The average molecular weight is 347 g/mol. The number of anilines is 1. The van der Waals surface area contributed by atoms with Gasteiger partial charge in [-0.25, -0.2) is 0 Å². The van der Waals surface area contributed by atoms with Gasteiger partial charge in [-0.1, -0.05) is 6.42 Å². The molecule has 4 rings (SSSR count). The van der Waals surface area contributed by atoms with Crippen LogP contribution in [0.2, 0.25) is 0 Å². The summed E-state index contributed by atoms with van der Waals surface area (Å²) in [4.78, 5) is 16.5. The maximum Gasteiger partial charge on any atom is 0.257 e. The number of carbonyl (C=O) groups excluding carboxylic acids is 1. The third-order valence-electron chi connectivity index (χ3n) is 4.68. The van der Waals surface area contributed by atoms with Crippen LogP contribution < -0.4 is 5.32 Å². The normalized spacial score (nSPS) is 13.7. The minimum atomic E-state index is -0.165. The van der Waals surface area contributed by atoms with Crippen LogP contribution in [0.3, 0.4) is 0 Å². The molecular weight excluding hydrogens is 326 g/mol. The summed E-state index contributed by atoms with van der Waals surface area (Å²) in [5, 5.41) is 11.6. The number of hydrogen-bond acceptors (Lipinski definition) is 4. The fourth-order valence-corrected chi connectivity index (χ4v) is 3.21. The third-order valence-corrected chi connectivity index (χ3v) is 4.68. The van der Waals surface area contributed by atoms with Gasteiger partial charge in [0.2, 0.25) is 0 Å². The average Bonchev–Trinajstić information content (AvgIpc) is 2.91. The summed E-state index contributed by atoms with van der Waals surface area (Å²) in [6, 6.07) is 11.4. The van der Waals surface area contributed by atoms with E-state index >= 15 is 0 Å². The Bertz CT molecular complexity index is 912. The van der Waals surface area contributed by atoms with Crippen LogP contribution in [0, 0.1) is 6.92 Å². The molecule has 3 heterocycles. The SMILES string of the molecule is Cc1ccc(C(=O)Nc2ccc(-c3nnc4n3CCCCC4)cc2)cn1. The Hall–Kier alpha value is -3.02. The van der Waals surface area contributed by atoms with Crippen LogP contribution in [-0.4, -0.2) is 25.7 Å². The highest BCUT2D eigenvalue weighted by Crippen LogP contribution is 2.24. The fourth-order valence-electron chi connectivity index (χ4n) is 3.21. The number of nitrogens with one attached hydrogen (secondary N) is 1. The van der Waals surface area contributed by atoms with E-state index in [0.29, 0.717) is 5.56 Å². The first-order valence-electron chi connectivity index (χ1n) is 8.97. The molecule has 1 aliphatic rings. The highest BCUT2D eigenvalue weighted by atomic mass is 16.1. The van der Waals surface area contributed by atoms with Crippen molar-refractivity contribution in [2.24, 2.45) is 0 Å². The molecule has 0 saturated heterocycles. The van der Waals surface area contributed by atoms with Gasteiger partial charge >= 0.3 is 0 Å². The number of amides is 1. The highest BCUT2D eigenvalue weighted by Gasteiger charge is 2.16. The van der Waals surface area contributed by atoms with E-state index < -0.39 is 0 Å². The molecular formula is C20H21N5O. The minimum absolute atomic E-state index is 0.165. The van der Waals surface area contributed by atoms with Gasteiger partial charge in [0.05, 0.1) is 5.56 Å². The minimum Gasteiger partial charge on any atom is -0.322 e. The topological polar surface area (TPSA) is 72.7 Å². The number of rotatable bonds is 3. The van der Waals surface area contributed by atoms with Crippen molar-refractivity contribution in [1.82, 2.24) is 19.7 Å². The molecule has 0 unspecified atom stereocenters. The standard InChI is InChI=1S/C20H21N5O/c1-14-6-7-16(13-21-14)20(26)22-17-10-8-15(9-11-17)19-24-23-18-5-3-2-4-12-25(18)19/h6-11,13H,2-5,12H2,1H3,(H,22,26). The van der Waals surface area contributed by atoms with Crippen molar-refractivity contribution in [2.45, 2.75) is 39.2 Å². The summed E-state index contributed by atoms with van der Waals surface area (Å²) in [6.07, 6.45) is 6.16. The van der Waals surface area contributed by atoms with E-state index in [2.05, 4.69) is 25.1 Å². The molecule has 6 heteroatoms. The van der Waals surface area contributed by atoms with Crippen LogP contribution >= 0.6 is 0 Å². The number of hydrogen-bond donors (Lipinski definition) is 1. The van der Waals surface area contributed by atoms with Crippen molar-refractivity contribution in [3.8, 4) is 11.4 Å². The quantitative estimate of drug-likeness (QED) is 0.785. The van der Waals surface area contributed by atoms with Gasteiger partial charge in [-0.05, 0) is 56.2 Å². The van der Waals surface area contributed by atoms with Gasteiger partial charge in [0, 0.05) is 36.1 Å². The molecule has 0 aliphatic carbocycles.